The molecule has 0 spiro atoms. The van der Waals surface area contributed by atoms with Crippen LogP contribution in [0.1, 0.15) is 59.1 Å². The maximum Gasteiger partial charge on any atom is 0.0714 e. The highest BCUT2D eigenvalue weighted by Crippen LogP contribution is 2.58. The van der Waals surface area contributed by atoms with Crippen LogP contribution in [0.15, 0.2) is 284 Å². The van der Waals surface area contributed by atoms with Crippen LogP contribution in [0.2, 0.25) is 0 Å². The summed E-state index contributed by atoms with van der Waals surface area (Å²) in [4.78, 5) is 2.54. The van der Waals surface area contributed by atoms with Gasteiger partial charge in [0.1, 0.15) is 0 Å². The van der Waals surface area contributed by atoms with Gasteiger partial charge in [0.05, 0.1) is 16.4 Å². The predicted octanol–water partition coefficient (Wildman–Crippen LogP) is 18.7. The molecule has 1 aromatic heterocycles. The van der Waals surface area contributed by atoms with Crippen molar-refractivity contribution in [3.05, 3.63) is 317 Å². The summed E-state index contributed by atoms with van der Waals surface area (Å²) in [5.74, 6) is 0.709. The van der Waals surface area contributed by atoms with E-state index in [1.165, 1.54) is 105 Å². The molecule has 0 radical (unpaired) electrons. The fourth-order valence-corrected chi connectivity index (χ4v) is 13.6. The minimum atomic E-state index is -0.551. The summed E-state index contributed by atoms with van der Waals surface area (Å²) in [7, 11) is 0. The van der Waals surface area contributed by atoms with Crippen molar-refractivity contribution in [3.8, 4) is 22.3 Å². The van der Waals surface area contributed by atoms with Crippen molar-refractivity contribution >= 4 is 50.1 Å². The lowest BCUT2D eigenvalue weighted by molar-refractivity contribution is 0.659. The molecule has 2 heteroatoms. The maximum absolute atomic E-state index is 2.54. The number of aromatic nitrogens is 1. The summed E-state index contributed by atoms with van der Waals surface area (Å²) < 4.78 is 2.48. The van der Waals surface area contributed by atoms with Gasteiger partial charge in [0.15, 0.2) is 0 Å². The van der Waals surface area contributed by atoms with E-state index in [2.05, 4.69) is 277 Å². The lowest BCUT2D eigenvalue weighted by Crippen LogP contribution is -2.28. The van der Waals surface area contributed by atoms with E-state index < -0.39 is 5.41 Å². The second-order valence-corrected chi connectivity index (χ2v) is 20.8. The highest BCUT2D eigenvalue weighted by atomic mass is 15.1. The van der Waals surface area contributed by atoms with Crippen LogP contribution >= 0.6 is 0 Å². The van der Waals surface area contributed by atoms with E-state index in [1.807, 2.05) is 0 Å². The highest BCUT2D eigenvalue weighted by Gasteiger charge is 2.46. The van der Waals surface area contributed by atoms with Gasteiger partial charge in [-0.15, -0.1) is 0 Å². The van der Waals surface area contributed by atoms with Gasteiger partial charge in [0, 0.05) is 45.4 Å². The average Bonchev–Trinajstić information content (AvgIpc) is 4.21. The van der Waals surface area contributed by atoms with Crippen molar-refractivity contribution in [2.45, 2.75) is 31.1 Å². The molecule has 2 nitrogen and oxygen atoms in total. The topological polar surface area (TPSA) is 8.17 Å². The Bertz CT molecular complexity index is 4080. The number of allylic oxidation sites excluding steroid dienone is 17. The number of para-hydroxylation sites is 1. The van der Waals surface area contributed by atoms with Crippen LogP contribution in [0.3, 0.4) is 0 Å². The van der Waals surface area contributed by atoms with Crippen molar-refractivity contribution in [2.75, 3.05) is 4.90 Å². The van der Waals surface area contributed by atoms with Crippen molar-refractivity contribution in [1.29, 1.82) is 0 Å². The summed E-state index contributed by atoms with van der Waals surface area (Å²) in [5.41, 5.74) is 24.6. The van der Waals surface area contributed by atoms with E-state index in [0.717, 1.165) is 42.7 Å². The Morgan fingerprint density at radius 3 is 1.91 bits per heavy atom. The Hall–Kier alpha value is -8.98. The van der Waals surface area contributed by atoms with E-state index >= 15 is 0 Å². The highest BCUT2D eigenvalue weighted by molar-refractivity contribution is 6.12. The van der Waals surface area contributed by atoms with Crippen LogP contribution in [0.5, 0.6) is 0 Å². The number of hydrogen-bond donors (Lipinski definition) is 0. The molecule has 0 bridgehead atoms. The maximum atomic E-state index is 2.54. The van der Waals surface area contributed by atoms with Crippen LogP contribution in [0.25, 0.3) is 55.3 Å². The average molecular weight is 959 g/mol. The Morgan fingerprint density at radius 2 is 1.12 bits per heavy atom. The summed E-state index contributed by atoms with van der Waals surface area (Å²) in [5, 5.41) is 2.47. The van der Waals surface area contributed by atoms with Gasteiger partial charge in [-0.2, -0.15) is 0 Å². The van der Waals surface area contributed by atoms with E-state index in [1.54, 1.807) is 0 Å². The summed E-state index contributed by atoms with van der Waals surface area (Å²) in [6.07, 6.45) is 34.5. The first-order chi connectivity index (χ1) is 37.2. The quantitative estimate of drug-likeness (QED) is 0.147. The summed E-state index contributed by atoms with van der Waals surface area (Å²) >= 11 is 0. The standard InChI is InChI=1S/C73H54N2/c1-5-22-50(23-6-1)71(51-24-7-2-8-25-51)72-64-34-16-15-31-59(64)60-42-39-56(47-66(60)72)74(57-41-44-70-65(46-57)63-33-18-20-36-69(63)75(70)55-38-37-49-21-13-14-26-52(49)45-55)58-40-43-62-61-32-17-19-35-67(61)73(68(62)48-58,53-27-9-3-10-28-53)54-29-11-4-12-30-54/h1,3-5,7,9-22,24-49,52H,2,6,8,23H2/b72-71+. The minimum Gasteiger partial charge on any atom is -0.310 e. The zero-order valence-corrected chi connectivity index (χ0v) is 41.8. The lowest BCUT2D eigenvalue weighted by atomic mass is 9.67. The van der Waals surface area contributed by atoms with Crippen molar-refractivity contribution in [1.82, 2.24) is 4.57 Å². The molecule has 8 aromatic carbocycles. The van der Waals surface area contributed by atoms with Gasteiger partial charge in [-0.05, 0) is 158 Å². The van der Waals surface area contributed by atoms with Crippen molar-refractivity contribution in [3.63, 3.8) is 0 Å². The first kappa shape index (κ1) is 43.6. The van der Waals surface area contributed by atoms with Gasteiger partial charge >= 0.3 is 0 Å². The number of hydrogen-bond acceptors (Lipinski definition) is 1. The molecule has 0 amide bonds. The molecule has 2 atom stereocenters. The molecule has 1 heterocycles. The fraction of sp³-hybridized carbons (Fsp3) is 0.0959. The number of fused-ring (bicyclic) bond motifs is 10. The number of rotatable bonds is 8. The van der Waals surface area contributed by atoms with Gasteiger partial charge in [0.2, 0.25) is 0 Å². The van der Waals surface area contributed by atoms with Crippen LogP contribution < -0.4 is 4.90 Å². The Kier molecular flexibility index (Phi) is 10.2. The first-order valence-electron chi connectivity index (χ1n) is 26.9. The first-order valence-corrected chi connectivity index (χ1v) is 26.9. The molecule has 0 N–H and O–H groups in total. The molecule has 9 aromatic rings. The Morgan fingerprint density at radius 1 is 0.467 bits per heavy atom. The molecule has 356 valence electrons. The molecule has 15 rings (SSSR count). The summed E-state index contributed by atoms with van der Waals surface area (Å²) in [6.45, 7) is 0. The van der Waals surface area contributed by atoms with Gasteiger partial charge in [-0.3, -0.25) is 0 Å². The third kappa shape index (κ3) is 6.79. The van der Waals surface area contributed by atoms with Gasteiger partial charge in [0.25, 0.3) is 0 Å². The van der Waals surface area contributed by atoms with Crippen molar-refractivity contribution in [2.24, 2.45) is 11.8 Å². The van der Waals surface area contributed by atoms with E-state index in [9.17, 15) is 0 Å². The normalized spacial score (nSPS) is 19.0. The molecule has 0 fully saturated rings. The largest absolute Gasteiger partial charge is 0.310 e. The van der Waals surface area contributed by atoms with Crippen molar-refractivity contribution < 1.29 is 0 Å². The molecule has 6 aliphatic carbocycles. The number of benzene rings is 8. The molecular weight excluding hydrogens is 905 g/mol. The molecule has 0 saturated carbocycles. The second-order valence-electron chi connectivity index (χ2n) is 20.8. The van der Waals surface area contributed by atoms with E-state index in [4.69, 9.17) is 0 Å². The van der Waals surface area contributed by atoms with Crippen LogP contribution in [-0.4, -0.2) is 4.57 Å². The Labute approximate surface area is 439 Å². The predicted molar refractivity (Wildman–Crippen MR) is 314 cm³/mol. The molecule has 6 aliphatic rings. The van der Waals surface area contributed by atoms with Crippen LogP contribution in [0.4, 0.5) is 17.1 Å². The zero-order chi connectivity index (χ0) is 49.5. The van der Waals surface area contributed by atoms with E-state index in [0.29, 0.717) is 11.8 Å². The van der Waals surface area contributed by atoms with Gasteiger partial charge < -0.3 is 9.47 Å². The number of nitrogens with zero attached hydrogens (tertiary/aromatic N) is 2. The smallest absolute Gasteiger partial charge is 0.0714 e. The molecule has 0 saturated heterocycles. The molecule has 0 aliphatic heterocycles. The third-order valence-electron chi connectivity index (χ3n) is 16.8. The number of anilines is 3. The second kappa shape index (κ2) is 17.6. The van der Waals surface area contributed by atoms with Crippen LogP contribution in [-0.2, 0) is 5.41 Å². The molecule has 2 unspecified atom stereocenters. The summed E-state index contributed by atoms with van der Waals surface area (Å²) in [6, 6.07) is 71.3. The fourth-order valence-electron chi connectivity index (χ4n) is 13.6. The van der Waals surface area contributed by atoms with Gasteiger partial charge in [-0.25, -0.2) is 0 Å². The SMILES string of the molecule is C1=CCCC(/C(C2=CCCC=C2)=C2/c3ccccc3-c3ccc(N(c4ccc5c(c4)C(c4ccccc4)(c4ccccc4)c4ccccc4-5)c4ccc5c(c4)c4ccccc4n5C4=CC5C=CC=CC5C=C4)cc32)=C1. The monoisotopic (exact) mass is 958 g/mol. The van der Waals surface area contributed by atoms with Gasteiger partial charge in [-0.1, -0.05) is 212 Å². The molecular formula is C73H54N2. The van der Waals surface area contributed by atoms with E-state index in [-0.39, 0.29) is 0 Å². The zero-order valence-electron chi connectivity index (χ0n) is 41.8. The van der Waals surface area contributed by atoms with Crippen LogP contribution in [0, 0.1) is 11.8 Å². The third-order valence-corrected chi connectivity index (χ3v) is 16.8. The Balaban J connectivity index is 0.996. The minimum absolute atomic E-state index is 0.326. The lowest BCUT2D eigenvalue weighted by Gasteiger charge is -2.35. The molecule has 75 heavy (non-hydrogen) atoms.